The molecule has 9 heteroatoms. The number of imide groups is 1. The number of benzene rings is 1. The summed E-state index contributed by atoms with van der Waals surface area (Å²) in [7, 11) is 1.50. The van der Waals surface area contributed by atoms with Crippen LogP contribution < -0.4 is 10.1 Å². The standard InChI is InChI=1S/C20H17ClN4O4/c1-29-18-12(21)3-2-4-14(18)24-17-15-13(7-10-25(19(15)26)20(27)28)23-16(17)11-5-8-22-9-6-11/h2-6,8-9,23-24H,7,10H2,1H3,(H,27,28). The molecule has 0 saturated carbocycles. The molecule has 2 aromatic heterocycles. The minimum Gasteiger partial charge on any atom is -0.493 e. The van der Waals surface area contributed by atoms with Crippen molar-refractivity contribution < 1.29 is 19.4 Å². The third-order valence-electron chi connectivity index (χ3n) is 4.75. The van der Waals surface area contributed by atoms with E-state index < -0.39 is 12.0 Å². The molecule has 0 fully saturated rings. The highest BCUT2D eigenvalue weighted by Crippen LogP contribution is 2.41. The molecule has 3 aromatic rings. The largest absolute Gasteiger partial charge is 0.493 e. The lowest BCUT2D eigenvalue weighted by Crippen LogP contribution is -2.41. The number of carboxylic acid groups (broad SMARTS) is 1. The van der Waals surface area contributed by atoms with Gasteiger partial charge < -0.3 is 20.1 Å². The molecule has 1 aliphatic rings. The Bertz CT molecular complexity index is 1100. The topological polar surface area (TPSA) is 108 Å². The zero-order valence-corrected chi connectivity index (χ0v) is 16.2. The second kappa shape index (κ2) is 7.48. The maximum Gasteiger partial charge on any atom is 0.414 e. The van der Waals surface area contributed by atoms with Crippen molar-refractivity contribution in [2.24, 2.45) is 0 Å². The molecule has 3 heterocycles. The number of methoxy groups -OCH3 is 1. The predicted molar refractivity (Wildman–Crippen MR) is 108 cm³/mol. The number of halogens is 1. The molecule has 0 bridgehead atoms. The highest BCUT2D eigenvalue weighted by atomic mass is 35.5. The van der Waals surface area contributed by atoms with Gasteiger partial charge in [0.2, 0.25) is 0 Å². The summed E-state index contributed by atoms with van der Waals surface area (Å²) in [6.07, 6.45) is 2.40. The lowest BCUT2D eigenvalue weighted by molar-refractivity contribution is 0.0728. The van der Waals surface area contributed by atoms with Crippen molar-refractivity contribution in [3.8, 4) is 17.0 Å². The molecule has 1 aromatic carbocycles. The van der Waals surface area contributed by atoms with E-state index in [1.165, 1.54) is 7.11 Å². The summed E-state index contributed by atoms with van der Waals surface area (Å²) < 4.78 is 5.40. The number of carbonyl (C=O) groups excluding carboxylic acids is 1. The van der Waals surface area contributed by atoms with Crippen molar-refractivity contribution in [1.82, 2.24) is 14.9 Å². The minimum atomic E-state index is -1.28. The number of ether oxygens (including phenoxy) is 1. The van der Waals surface area contributed by atoms with Crippen LogP contribution in [0.4, 0.5) is 16.2 Å². The van der Waals surface area contributed by atoms with Gasteiger partial charge in [-0.1, -0.05) is 17.7 Å². The highest BCUT2D eigenvalue weighted by Gasteiger charge is 2.34. The molecule has 0 aliphatic carbocycles. The fraction of sp³-hybridized carbons (Fsp3) is 0.150. The van der Waals surface area contributed by atoms with Crippen LogP contribution in [0.3, 0.4) is 0 Å². The SMILES string of the molecule is COc1c(Cl)cccc1Nc1c(-c2ccncc2)[nH]c2c1C(=O)N(C(=O)O)CC2. The van der Waals surface area contributed by atoms with Crippen molar-refractivity contribution in [2.75, 3.05) is 19.0 Å². The maximum absolute atomic E-state index is 13.0. The van der Waals surface area contributed by atoms with Crippen molar-refractivity contribution in [1.29, 1.82) is 0 Å². The van der Waals surface area contributed by atoms with Crippen LogP contribution in [0, 0.1) is 0 Å². The first kappa shape index (κ1) is 18.8. The molecule has 1 aliphatic heterocycles. The van der Waals surface area contributed by atoms with Crippen LogP contribution in [-0.4, -0.2) is 45.6 Å². The van der Waals surface area contributed by atoms with Crippen LogP contribution in [0.15, 0.2) is 42.7 Å². The molecule has 148 valence electrons. The van der Waals surface area contributed by atoms with Gasteiger partial charge in [0.05, 0.1) is 34.8 Å². The third-order valence-corrected chi connectivity index (χ3v) is 5.05. The van der Waals surface area contributed by atoms with E-state index in [1.54, 1.807) is 42.7 Å². The zero-order valence-electron chi connectivity index (χ0n) is 15.4. The second-order valence-electron chi connectivity index (χ2n) is 6.40. The maximum atomic E-state index is 13.0. The number of pyridine rings is 1. The van der Waals surface area contributed by atoms with Gasteiger partial charge in [-0.25, -0.2) is 9.69 Å². The summed E-state index contributed by atoms with van der Waals surface area (Å²) in [4.78, 5) is 32.6. The number of para-hydroxylation sites is 1. The van der Waals surface area contributed by atoms with Crippen LogP contribution in [0.25, 0.3) is 11.3 Å². The summed E-state index contributed by atoms with van der Waals surface area (Å²) in [6.45, 7) is 0.0946. The molecule has 8 nitrogen and oxygen atoms in total. The number of anilines is 2. The van der Waals surface area contributed by atoms with Gasteiger partial charge in [-0.3, -0.25) is 9.78 Å². The number of hydrogen-bond donors (Lipinski definition) is 3. The fourth-order valence-corrected chi connectivity index (χ4v) is 3.68. The molecule has 0 unspecified atom stereocenters. The first-order chi connectivity index (χ1) is 14.0. The Morgan fingerprint density at radius 2 is 2.07 bits per heavy atom. The van der Waals surface area contributed by atoms with Gasteiger partial charge in [0.15, 0.2) is 5.75 Å². The number of aromatic amines is 1. The normalized spacial score (nSPS) is 13.2. The summed E-state index contributed by atoms with van der Waals surface area (Å²) in [5.74, 6) is -0.165. The number of nitrogens with one attached hydrogen (secondary N) is 2. The van der Waals surface area contributed by atoms with Crippen LogP contribution in [-0.2, 0) is 6.42 Å². The lowest BCUT2D eigenvalue weighted by Gasteiger charge is -2.23. The van der Waals surface area contributed by atoms with Gasteiger partial charge in [-0.2, -0.15) is 0 Å². The van der Waals surface area contributed by atoms with Gasteiger partial charge in [0.25, 0.3) is 5.91 Å². The number of carbonyl (C=O) groups is 2. The molecule has 2 amide bonds. The van der Waals surface area contributed by atoms with Gasteiger partial charge in [0, 0.05) is 36.6 Å². The van der Waals surface area contributed by atoms with E-state index in [2.05, 4.69) is 15.3 Å². The number of rotatable bonds is 4. The third kappa shape index (κ3) is 3.27. The van der Waals surface area contributed by atoms with Crippen molar-refractivity contribution >= 4 is 35.0 Å². The Balaban J connectivity index is 1.90. The monoisotopic (exact) mass is 412 g/mol. The van der Waals surface area contributed by atoms with Crippen LogP contribution in [0.2, 0.25) is 5.02 Å². The van der Waals surface area contributed by atoms with E-state index in [9.17, 15) is 14.7 Å². The Morgan fingerprint density at radius 1 is 1.31 bits per heavy atom. The molecule has 0 spiro atoms. The number of fused-ring (bicyclic) bond motifs is 1. The summed E-state index contributed by atoms with van der Waals surface area (Å²) in [5, 5.41) is 13.0. The van der Waals surface area contributed by atoms with E-state index in [1.807, 2.05) is 0 Å². The van der Waals surface area contributed by atoms with E-state index in [0.29, 0.717) is 40.0 Å². The second-order valence-corrected chi connectivity index (χ2v) is 6.81. The number of amides is 2. The Labute approximate surface area is 171 Å². The van der Waals surface area contributed by atoms with Gasteiger partial charge in [-0.05, 0) is 24.3 Å². The van der Waals surface area contributed by atoms with Crippen LogP contribution >= 0.6 is 11.6 Å². The van der Waals surface area contributed by atoms with E-state index in [0.717, 1.165) is 10.5 Å². The Kier molecular flexibility index (Phi) is 4.85. The first-order valence-electron chi connectivity index (χ1n) is 8.80. The van der Waals surface area contributed by atoms with Crippen molar-refractivity contribution in [3.05, 3.63) is 59.0 Å². The zero-order chi connectivity index (χ0) is 20.5. The van der Waals surface area contributed by atoms with E-state index >= 15 is 0 Å². The number of nitrogens with zero attached hydrogens (tertiary/aromatic N) is 2. The lowest BCUT2D eigenvalue weighted by atomic mass is 10.0. The van der Waals surface area contributed by atoms with Gasteiger partial charge in [0.1, 0.15) is 0 Å². The quantitative estimate of drug-likeness (QED) is 0.594. The minimum absolute atomic E-state index is 0.0946. The van der Waals surface area contributed by atoms with E-state index in [-0.39, 0.29) is 12.1 Å². The summed E-state index contributed by atoms with van der Waals surface area (Å²) in [5.41, 5.74) is 3.42. The Morgan fingerprint density at radius 3 is 2.76 bits per heavy atom. The van der Waals surface area contributed by atoms with Crippen molar-refractivity contribution in [2.45, 2.75) is 6.42 Å². The predicted octanol–water partition coefficient (Wildman–Crippen LogP) is 4.16. The van der Waals surface area contributed by atoms with Crippen LogP contribution in [0.5, 0.6) is 5.75 Å². The van der Waals surface area contributed by atoms with Crippen LogP contribution in [0.1, 0.15) is 16.1 Å². The van der Waals surface area contributed by atoms with Gasteiger partial charge in [-0.15, -0.1) is 0 Å². The number of hydrogen-bond acceptors (Lipinski definition) is 5. The summed E-state index contributed by atoms with van der Waals surface area (Å²) in [6, 6.07) is 8.82. The molecule has 0 atom stereocenters. The molecular weight excluding hydrogens is 396 g/mol. The first-order valence-corrected chi connectivity index (χ1v) is 9.18. The Hall–Kier alpha value is -3.52. The molecule has 4 rings (SSSR count). The average Bonchev–Trinajstić information content (AvgIpc) is 3.08. The van der Waals surface area contributed by atoms with Gasteiger partial charge >= 0.3 is 6.09 Å². The molecule has 0 saturated heterocycles. The number of H-pyrrole nitrogens is 1. The summed E-state index contributed by atoms with van der Waals surface area (Å²) >= 11 is 6.23. The molecule has 0 radical (unpaired) electrons. The average molecular weight is 413 g/mol. The highest BCUT2D eigenvalue weighted by molar-refractivity contribution is 6.32. The smallest absolute Gasteiger partial charge is 0.414 e. The van der Waals surface area contributed by atoms with Crippen molar-refractivity contribution in [3.63, 3.8) is 0 Å². The molecule has 3 N–H and O–H groups in total. The molecule has 29 heavy (non-hydrogen) atoms. The van der Waals surface area contributed by atoms with E-state index in [4.69, 9.17) is 16.3 Å². The molecular formula is C20H17ClN4O4. The fourth-order valence-electron chi connectivity index (χ4n) is 3.43. The number of aromatic nitrogens is 2.